The predicted molar refractivity (Wildman–Crippen MR) is 77.2 cm³/mol. The number of hydrogen-bond acceptors (Lipinski definition) is 6. The molecule has 102 valence electrons. The van der Waals surface area contributed by atoms with Crippen LogP contribution in [-0.4, -0.2) is 39.2 Å². The van der Waals surface area contributed by atoms with Gasteiger partial charge in [0.2, 0.25) is 0 Å². The van der Waals surface area contributed by atoms with Gasteiger partial charge in [-0.05, 0) is 19.1 Å². The van der Waals surface area contributed by atoms with Crippen LogP contribution < -0.4 is 0 Å². The molecule has 3 rings (SSSR count). The fourth-order valence-corrected chi connectivity index (χ4v) is 3.81. The number of thioether (sulfide) groups is 1. The van der Waals surface area contributed by atoms with E-state index in [-0.39, 0.29) is 11.8 Å². The molecule has 20 heavy (non-hydrogen) atoms. The molecule has 0 spiro atoms. The lowest BCUT2D eigenvalue weighted by molar-refractivity contribution is 0.0664. The Balaban J connectivity index is 1.65. The number of rotatable bonds is 4. The largest absolute Gasteiger partial charge is 0.273 e. The molecular formula is C13H11N3O2S2. The predicted octanol–water partition coefficient (Wildman–Crippen LogP) is 2.23. The van der Waals surface area contributed by atoms with Gasteiger partial charge >= 0.3 is 0 Å². The number of fused-ring (bicyclic) bond motifs is 1. The molecule has 0 atom stereocenters. The van der Waals surface area contributed by atoms with Crippen LogP contribution in [0.4, 0.5) is 0 Å². The van der Waals surface area contributed by atoms with Crippen molar-refractivity contribution in [1.82, 2.24) is 15.1 Å². The highest BCUT2D eigenvalue weighted by atomic mass is 32.2. The standard InChI is InChI=1S/C13H11N3O2S2/c1-8-14-15-13(20-8)19-7-6-16-11(17)9-4-2-3-5-10(9)12(16)18/h2-5H,6-7H2,1H3. The smallest absolute Gasteiger partial charge is 0.261 e. The zero-order valence-electron chi connectivity index (χ0n) is 10.7. The number of aryl methyl sites for hydroxylation is 1. The van der Waals surface area contributed by atoms with E-state index in [4.69, 9.17) is 0 Å². The molecule has 0 fully saturated rings. The van der Waals surface area contributed by atoms with Gasteiger partial charge in [0.25, 0.3) is 11.8 Å². The second-order valence-corrected chi connectivity index (χ2v) is 6.77. The number of imide groups is 1. The van der Waals surface area contributed by atoms with Crippen LogP contribution in [-0.2, 0) is 0 Å². The molecule has 2 amide bonds. The third-order valence-corrected chi connectivity index (χ3v) is 4.88. The van der Waals surface area contributed by atoms with Crippen molar-refractivity contribution in [2.45, 2.75) is 11.3 Å². The maximum Gasteiger partial charge on any atom is 0.261 e. The van der Waals surface area contributed by atoms with E-state index in [1.165, 1.54) is 28.0 Å². The molecule has 0 aliphatic carbocycles. The van der Waals surface area contributed by atoms with Gasteiger partial charge in [0, 0.05) is 12.3 Å². The summed E-state index contributed by atoms with van der Waals surface area (Å²) in [5.74, 6) is 0.208. The maximum absolute atomic E-state index is 12.1. The van der Waals surface area contributed by atoms with Crippen LogP contribution in [0.1, 0.15) is 25.7 Å². The average Bonchev–Trinajstić information content (AvgIpc) is 2.97. The number of carbonyl (C=O) groups is 2. The third kappa shape index (κ3) is 2.34. The van der Waals surface area contributed by atoms with E-state index in [2.05, 4.69) is 10.2 Å². The number of benzene rings is 1. The summed E-state index contributed by atoms with van der Waals surface area (Å²) in [5.41, 5.74) is 0.989. The fraction of sp³-hybridized carbons (Fsp3) is 0.231. The van der Waals surface area contributed by atoms with Crippen molar-refractivity contribution in [3.8, 4) is 0 Å². The molecule has 0 radical (unpaired) electrons. The summed E-state index contributed by atoms with van der Waals surface area (Å²) in [5, 5.41) is 8.84. The first-order valence-electron chi connectivity index (χ1n) is 6.05. The van der Waals surface area contributed by atoms with E-state index in [9.17, 15) is 9.59 Å². The van der Waals surface area contributed by atoms with E-state index in [0.717, 1.165) is 9.35 Å². The first-order valence-corrected chi connectivity index (χ1v) is 7.85. The second kappa shape index (κ2) is 5.34. The molecule has 0 bridgehead atoms. The van der Waals surface area contributed by atoms with Gasteiger partial charge in [-0.1, -0.05) is 35.2 Å². The molecule has 7 heteroatoms. The summed E-state index contributed by atoms with van der Waals surface area (Å²) >= 11 is 3.02. The third-order valence-electron chi connectivity index (χ3n) is 2.93. The first-order chi connectivity index (χ1) is 9.66. The lowest BCUT2D eigenvalue weighted by atomic mass is 10.1. The van der Waals surface area contributed by atoms with Gasteiger partial charge in [0.15, 0.2) is 4.34 Å². The van der Waals surface area contributed by atoms with Gasteiger partial charge in [-0.25, -0.2) is 0 Å². The van der Waals surface area contributed by atoms with Gasteiger partial charge in [-0.2, -0.15) is 0 Å². The lowest BCUT2D eigenvalue weighted by Crippen LogP contribution is -2.31. The Morgan fingerprint density at radius 1 is 1.15 bits per heavy atom. The molecule has 0 N–H and O–H groups in total. The number of amides is 2. The van der Waals surface area contributed by atoms with Crippen LogP contribution in [0.15, 0.2) is 28.6 Å². The van der Waals surface area contributed by atoms with Crippen molar-refractivity contribution >= 4 is 34.9 Å². The van der Waals surface area contributed by atoms with Crippen LogP contribution in [0.2, 0.25) is 0 Å². The minimum atomic E-state index is -0.209. The fourth-order valence-electron chi connectivity index (χ4n) is 2.00. The van der Waals surface area contributed by atoms with Crippen molar-refractivity contribution in [2.24, 2.45) is 0 Å². The lowest BCUT2D eigenvalue weighted by Gasteiger charge is -2.12. The van der Waals surface area contributed by atoms with E-state index < -0.39 is 0 Å². The van der Waals surface area contributed by atoms with Gasteiger partial charge in [-0.3, -0.25) is 14.5 Å². The summed E-state index contributed by atoms with van der Waals surface area (Å²) in [7, 11) is 0. The van der Waals surface area contributed by atoms with Crippen LogP contribution in [0, 0.1) is 6.92 Å². The molecule has 1 aliphatic rings. The van der Waals surface area contributed by atoms with Crippen LogP contribution in [0.25, 0.3) is 0 Å². The Labute approximate surface area is 124 Å². The minimum absolute atomic E-state index is 0.209. The van der Waals surface area contributed by atoms with Crippen molar-refractivity contribution in [2.75, 3.05) is 12.3 Å². The van der Waals surface area contributed by atoms with Crippen molar-refractivity contribution in [3.63, 3.8) is 0 Å². The highest BCUT2D eigenvalue weighted by molar-refractivity contribution is 8.01. The van der Waals surface area contributed by atoms with Crippen molar-refractivity contribution < 1.29 is 9.59 Å². The van der Waals surface area contributed by atoms with E-state index >= 15 is 0 Å². The highest BCUT2D eigenvalue weighted by Gasteiger charge is 2.34. The zero-order valence-corrected chi connectivity index (χ0v) is 12.3. The van der Waals surface area contributed by atoms with E-state index in [1.54, 1.807) is 24.3 Å². The van der Waals surface area contributed by atoms with Crippen LogP contribution in [0.3, 0.4) is 0 Å². The summed E-state index contributed by atoms with van der Waals surface area (Å²) in [6.07, 6.45) is 0. The summed E-state index contributed by atoms with van der Waals surface area (Å²) in [6, 6.07) is 6.92. The molecule has 2 heterocycles. The Morgan fingerprint density at radius 2 is 1.80 bits per heavy atom. The van der Waals surface area contributed by atoms with Crippen LogP contribution in [0.5, 0.6) is 0 Å². The second-order valence-electron chi connectivity index (χ2n) is 4.24. The van der Waals surface area contributed by atoms with Gasteiger partial charge in [0.1, 0.15) is 5.01 Å². The van der Waals surface area contributed by atoms with E-state index in [0.29, 0.717) is 23.4 Å². The number of carbonyl (C=O) groups excluding carboxylic acids is 2. The monoisotopic (exact) mass is 305 g/mol. The summed E-state index contributed by atoms with van der Waals surface area (Å²) in [6.45, 7) is 2.28. The molecule has 5 nitrogen and oxygen atoms in total. The zero-order chi connectivity index (χ0) is 14.1. The molecule has 1 aliphatic heterocycles. The first kappa shape index (κ1) is 13.3. The normalized spacial score (nSPS) is 13.9. The van der Waals surface area contributed by atoms with Gasteiger partial charge in [-0.15, -0.1) is 10.2 Å². The molecule has 0 unspecified atom stereocenters. The molecular weight excluding hydrogens is 294 g/mol. The summed E-state index contributed by atoms with van der Waals surface area (Å²) < 4.78 is 0.860. The molecule has 0 saturated carbocycles. The Kier molecular flexibility index (Phi) is 3.54. The van der Waals surface area contributed by atoms with Crippen molar-refractivity contribution in [3.05, 3.63) is 40.4 Å². The molecule has 0 saturated heterocycles. The molecule has 2 aromatic rings. The van der Waals surface area contributed by atoms with Gasteiger partial charge in [0.05, 0.1) is 11.1 Å². The number of aromatic nitrogens is 2. The SMILES string of the molecule is Cc1nnc(SCCN2C(=O)c3ccccc3C2=O)s1. The Hall–Kier alpha value is -1.73. The van der Waals surface area contributed by atoms with E-state index in [1.807, 2.05) is 6.92 Å². The molecule has 1 aromatic carbocycles. The maximum atomic E-state index is 12.1. The van der Waals surface area contributed by atoms with Crippen molar-refractivity contribution in [1.29, 1.82) is 0 Å². The average molecular weight is 305 g/mol. The Morgan fingerprint density at radius 3 is 2.35 bits per heavy atom. The summed E-state index contributed by atoms with van der Waals surface area (Å²) in [4.78, 5) is 25.5. The number of nitrogens with zero attached hydrogens (tertiary/aromatic N) is 3. The minimum Gasteiger partial charge on any atom is -0.273 e. The van der Waals surface area contributed by atoms with Gasteiger partial charge < -0.3 is 0 Å². The quantitative estimate of drug-likeness (QED) is 0.640. The molecule has 1 aromatic heterocycles. The topological polar surface area (TPSA) is 63.2 Å². The van der Waals surface area contributed by atoms with Crippen LogP contribution >= 0.6 is 23.1 Å². The number of hydrogen-bond donors (Lipinski definition) is 0. The Bertz CT molecular complexity index is 649. The highest BCUT2D eigenvalue weighted by Crippen LogP contribution is 2.25.